The van der Waals surface area contributed by atoms with Crippen molar-refractivity contribution in [1.82, 2.24) is 0 Å². The summed E-state index contributed by atoms with van der Waals surface area (Å²) in [4.78, 5) is 0. The largest absolute Gasteiger partial charge is 0.0916 e. The molecule has 0 saturated heterocycles. The van der Waals surface area contributed by atoms with Crippen LogP contribution in [0.1, 0.15) is 27.2 Å². The van der Waals surface area contributed by atoms with Gasteiger partial charge in [-0.1, -0.05) is 31.2 Å². The topological polar surface area (TPSA) is 0 Å². The molecule has 9 heavy (non-hydrogen) atoms. The zero-order chi connectivity index (χ0) is 7.11. The van der Waals surface area contributed by atoms with Crippen molar-refractivity contribution in [2.75, 3.05) is 0 Å². The molecule has 0 saturated carbocycles. The summed E-state index contributed by atoms with van der Waals surface area (Å²) in [5.74, 6) is 0.700. The average Bonchev–Trinajstić information content (AvgIpc) is 1.85. The van der Waals surface area contributed by atoms with E-state index < -0.39 is 0 Å². The lowest BCUT2D eigenvalue weighted by atomic mass is 10.1. The van der Waals surface area contributed by atoms with Crippen LogP contribution in [0.25, 0.3) is 0 Å². The highest BCUT2D eigenvalue weighted by molar-refractivity contribution is 4.89. The van der Waals surface area contributed by atoms with E-state index in [1.54, 1.807) is 0 Å². The molecule has 52 valence electrons. The van der Waals surface area contributed by atoms with E-state index >= 15 is 0 Å². The molecule has 1 unspecified atom stereocenters. The molecule has 0 spiro atoms. The maximum Gasteiger partial charge on any atom is -0.0227 e. The van der Waals surface area contributed by atoms with Crippen molar-refractivity contribution in [3.8, 4) is 0 Å². The van der Waals surface area contributed by atoms with Gasteiger partial charge in [-0.25, -0.2) is 0 Å². The molecule has 0 aliphatic carbocycles. The van der Waals surface area contributed by atoms with Gasteiger partial charge in [0.05, 0.1) is 0 Å². The van der Waals surface area contributed by atoms with Crippen LogP contribution in [0, 0.1) is 5.92 Å². The van der Waals surface area contributed by atoms with Gasteiger partial charge in [0.25, 0.3) is 0 Å². The molecule has 0 amide bonds. The fourth-order valence-corrected chi connectivity index (χ4v) is 0.758. The van der Waals surface area contributed by atoms with Gasteiger partial charge >= 0.3 is 0 Å². The van der Waals surface area contributed by atoms with Crippen LogP contribution in [0.3, 0.4) is 0 Å². The Morgan fingerprint density at radius 3 is 2.33 bits per heavy atom. The molecule has 0 nitrogen and oxygen atoms in total. The van der Waals surface area contributed by atoms with Crippen LogP contribution >= 0.6 is 0 Å². The Morgan fingerprint density at radius 2 is 1.89 bits per heavy atom. The van der Waals surface area contributed by atoms with E-state index in [1.807, 2.05) is 0 Å². The minimum atomic E-state index is 0.700. The molecule has 0 aromatic rings. The third kappa shape index (κ3) is 5.35. The molecule has 0 bridgehead atoms. The van der Waals surface area contributed by atoms with Gasteiger partial charge in [0.15, 0.2) is 0 Å². The molecule has 0 heterocycles. The molecular formula is C9H16. The van der Waals surface area contributed by atoms with Crippen molar-refractivity contribution in [2.24, 2.45) is 5.92 Å². The van der Waals surface area contributed by atoms with Crippen molar-refractivity contribution in [2.45, 2.75) is 27.2 Å². The molecule has 0 fully saturated rings. The number of hydrogen-bond acceptors (Lipinski definition) is 0. The van der Waals surface area contributed by atoms with Gasteiger partial charge < -0.3 is 0 Å². The summed E-state index contributed by atoms with van der Waals surface area (Å²) < 4.78 is 0. The van der Waals surface area contributed by atoms with E-state index in [0.29, 0.717) is 5.92 Å². The van der Waals surface area contributed by atoms with Gasteiger partial charge in [-0.05, 0) is 26.2 Å². The minimum absolute atomic E-state index is 0.700. The fraction of sp³-hybridized carbons (Fsp3) is 0.556. The lowest BCUT2D eigenvalue weighted by molar-refractivity contribution is 0.742. The van der Waals surface area contributed by atoms with Gasteiger partial charge in [0, 0.05) is 0 Å². The van der Waals surface area contributed by atoms with E-state index in [1.165, 1.54) is 6.42 Å². The first-order valence-electron chi connectivity index (χ1n) is 3.55. The highest BCUT2D eigenvalue weighted by Crippen LogP contribution is 2.03. The summed E-state index contributed by atoms with van der Waals surface area (Å²) in [5, 5.41) is 0. The standard InChI is InChI=1S/C9H16/c1-4-6-8-9(3)7-5-2/h4-7,9H,8H2,1-3H3. The molecule has 0 aromatic carbocycles. The van der Waals surface area contributed by atoms with Crippen molar-refractivity contribution >= 4 is 0 Å². The van der Waals surface area contributed by atoms with Crippen molar-refractivity contribution < 1.29 is 0 Å². The van der Waals surface area contributed by atoms with Crippen LogP contribution in [0.4, 0.5) is 0 Å². The molecule has 0 aliphatic rings. The molecular weight excluding hydrogens is 108 g/mol. The van der Waals surface area contributed by atoms with E-state index in [2.05, 4.69) is 45.1 Å². The lowest BCUT2D eigenvalue weighted by Crippen LogP contribution is -1.84. The second kappa shape index (κ2) is 5.61. The first-order valence-corrected chi connectivity index (χ1v) is 3.55. The highest BCUT2D eigenvalue weighted by Gasteiger charge is 1.88. The van der Waals surface area contributed by atoms with Crippen LogP contribution < -0.4 is 0 Å². The zero-order valence-corrected chi connectivity index (χ0v) is 6.59. The van der Waals surface area contributed by atoms with Gasteiger partial charge in [0.1, 0.15) is 0 Å². The maximum atomic E-state index is 2.22. The van der Waals surface area contributed by atoms with E-state index in [4.69, 9.17) is 0 Å². The summed E-state index contributed by atoms with van der Waals surface area (Å²) >= 11 is 0. The monoisotopic (exact) mass is 124 g/mol. The second-order valence-electron chi connectivity index (χ2n) is 2.31. The van der Waals surface area contributed by atoms with E-state index in [0.717, 1.165) is 0 Å². The van der Waals surface area contributed by atoms with Gasteiger partial charge in [-0.15, -0.1) is 0 Å². The number of hydrogen-bond donors (Lipinski definition) is 0. The zero-order valence-electron chi connectivity index (χ0n) is 6.59. The maximum absolute atomic E-state index is 2.22. The van der Waals surface area contributed by atoms with Gasteiger partial charge in [0.2, 0.25) is 0 Å². The predicted octanol–water partition coefficient (Wildman–Crippen LogP) is 3.16. The minimum Gasteiger partial charge on any atom is -0.0916 e. The first kappa shape index (κ1) is 8.48. The normalized spacial score (nSPS) is 15.4. The summed E-state index contributed by atoms with van der Waals surface area (Å²) in [7, 11) is 0. The Hall–Kier alpha value is -0.520. The Labute approximate surface area is 58.3 Å². The molecule has 0 rings (SSSR count). The van der Waals surface area contributed by atoms with Crippen LogP contribution in [0.15, 0.2) is 24.3 Å². The molecule has 0 aromatic heterocycles. The van der Waals surface area contributed by atoms with Crippen molar-refractivity contribution in [3.63, 3.8) is 0 Å². The third-order valence-electron chi connectivity index (χ3n) is 1.26. The second-order valence-corrected chi connectivity index (χ2v) is 2.31. The van der Waals surface area contributed by atoms with Crippen LogP contribution in [-0.4, -0.2) is 0 Å². The van der Waals surface area contributed by atoms with Crippen LogP contribution in [0.2, 0.25) is 0 Å². The van der Waals surface area contributed by atoms with Gasteiger partial charge in [-0.2, -0.15) is 0 Å². The average molecular weight is 124 g/mol. The molecule has 1 atom stereocenters. The number of allylic oxidation sites excluding steroid dienone is 4. The summed E-state index contributed by atoms with van der Waals surface area (Å²) in [6.45, 7) is 6.34. The lowest BCUT2D eigenvalue weighted by Gasteiger charge is -1.97. The fourth-order valence-electron chi connectivity index (χ4n) is 0.758. The Morgan fingerprint density at radius 1 is 1.22 bits per heavy atom. The highest BCUT2D eigenvalue weighted by atomic mass is 13.9. The van der Waals surface area contributed by atoms with E-state index in [-0.39, 0.29) is 0 Å². The summed E-state index contributed by atoms with van der Waals surface area (Å²) in [6, 6.07) is 0. The third-order valence-corrected chi connectivity index (χ3v) is 1.26. The van der Waals surface area contributed by atoms with Crippen LogP contribution in [-0.2, 0) is 0 Å². The predicted molar refractivity (Wildman–Crippen MR) is 43.4 cm³/mol. The summed E-state index contributed by atoms with van der Waals surface area (Å²) in [6.07, 6.45) is 9.79. The molecule has 0 N–H and O–H groups in total. The van der Waals surface area contributed by atoms with Gasteiger partial charge in [-0.3, -0.25) is 0 Å². The molecule has 0 radical (unpaired) electrons. The SMILES string of the molecule is CC=CCC(C)C=CC. The first-order chi connectivity index (χ1) is 4.31. The quantitative estimate of drug-likeness (QED) is 0.507. The van der Waals surface area contributed by atoms with Crippen molar-refractivity contribution in [3.05, 3.63) is 24.3 Å². The number of rotatable bonds is 3. The Kier molecular flexibility index (Phi) is 5.29. The summed E-state index contributed by atoms with van der Waals surface area (Å²) in [5.41, 5.74) is 0. The van der Waals surface area contributed by atoms with Crippen molar-refractivity contribution in [1.29, 1.82) is 0 Å². The van der Waals surface area contributed by atoms with Crippen LogP contribution in [0.5, 0.6) is 0 Å². The Bertz CT molecular complexity index is 98.6. The van der Waals surface area contributed by atoms with E-state index in [9.17, 15) is 0 Å². The Balaban J connectivity index is 3.37. The molecule has 0 heteroatoms. The smallest absolute Gasteiger partial charge is 0.0227 e. The molecule has 0 aliphatic heterocycles.